The van der Waals surface area contributed by atoms with Gasteiger partial charge in [0.15, 0.2) is 0 Å². The summed E-state index contributed by atoms with van der Waals surface area (Å²) in [5, 5.41) is 2.58. The van der Waals surface area contributed by atoms with Crippen LogP contribution in [-0.4, -0.2) is 42.1 Å². The van der Waals surface area contributed by atoms with E-state index in [4.69, 9.17) is 4.74 Å². The summed E-state index contributed by atoms with van der Waals surface area (Å²) in [6.07, 6.45) is 0.756. The molecule has 0 saturated carbocycles. The molecule has 2 atom stereocenters. The molecule has 2 aliphatic rings. The summed E-state index contributed by atoms with van der Waals surface area (Å²) in [4.78, 5) is 24.1. The van der Waals surface area contributed by atoms with Crippen LogP contribution in [0.15, 0.2) is 0 Å². The van der Waals surface area contributed by atoms with Gasteiger partial charge in [0.25, 0.3) is 5.91 Å². The minimum atomic E-state index is -0.381. The number of ether oxygens (including phenoxy) is 1. The van der Waals surface area contributed by atoms with Crippen LogP contribution in [0.2, 0.25) is 0 Å². The van der Waals surface area contributed by atoms with Gasteiger partial charge in [-0.05, 0) is 13.3 Å². The second-order valence-electron chi connectivity index (χ2n) is 3.40. The molecule has 2 aliphatic heterocycles. The monoisotopic (exact) mass is 184 g/mol. The smallest absolute Gasteiger partial charge is 0.325 e. The molecule has 13 heavy (non-hydrogen) atoms. The molecule has 0 bridgehead atoms. The van der Waals surface area contributed by atoms with Crippen molar-refractivity contribution in [3.8, 4) is 0 Å². The first-order valence-electron chi connectivity index (χ1n) is 4.41. The molecule has 0 aromatic heterocycles. The van der Waals surface area contributed by atoms with Crippen LogP contribution in [0.5, 0.6) is 0 Å². The standard InChI is InChI=1S/C8H12N2O3/c1-5-7(11)10(8(12)9-5)6-2-3-13-4-6/h5-6H,2-4H2,1H3,(H,9,12). The Kier molecular flexibility index (Phi) is 1.95. The van der Waals surface area contributed by atoms with E-state index in [1.807, 2.05) is 0 Å². The number of rotatable bonds is 1. The highest BCUT2D eigenvalue weighted by Gasteiger charge is 2.40. The molecule has 0 spiro atoms. The van der Waals surface area contributed by atoms with Gasteiger partial charge in [-0.3, -0.25) is 9.69 Å². The fourth-order valence-corrected chi connectivity index (χ4v) is 1.70. The molecule has 2 heterocycles. The van der Waals surface area contributed by atoms with Crippen molar-refractivity contribution >= 4 is 11.9 Å². The van der Waals surface area contributed by atoms with Crippen molar-refractivity contribution in [1.29, 1.82) is 0 Å². The van der Waals surface area contributed by atoms with Crippen LogP contribution < -0.4 is 5.32 Å². The molecule has 3 amide bonds. The lowest BCUT2D eigenvalue weighted by Crippen LogP contribution is -2.41. The molecule has 5 heteroatoms. The number of nitrogens with zero attached hydrogens (tertiary/aromatic N) is 1. The topological polar surface area (TPSA) is 58.6 Å². The van der Waals surface area contributed by atoms with Crippen LogP contribution in [-0.2, 0) is 9.53 Å². The van der Waals surface area contributed by atoms with Gasteiger partial charge >= 0.3 is 6.03 Å². The van der Waals surface area contributed by atoms with E-state index < -0.39 is 0 Å². The summed E-state index contributed by atoms with van der Waals surface area (Å²) in [6.45, 7) is 2.80. The molecule has 0 aromatic rings. The Morgan fingerprint density at radius 3 is 2.77 bits per heavy atom. The van der Waals surface area contributed by atoms with E-state index in [0.717, 1.165) is 6.42 Å². The molecule has 2 fully saturated rings. The number of hydrogen-bond donors (Lipinski definition) is 1. The van der Waals surface area contributed by atoms with E-state index in [9.17, 15) is 9.59 Å². The Bertz CT molecular complexity index is 248. The predicted octanol–water partition coefficient (Wildman–Crippen LogP) is -0.284. The number of amides is 3. The minimum Gasteiger partial charge on any atom is -0.379 e. The summed E-state index contributed by atoms with van der Waals surface area (Å²) >= 11 is 0. The maximum absolute atomic E-state index is 11.5. The van der Waals surface area contributed by atoms with Crippen molar-refractivity contribution in [2.45, 2.75) is 25.4 Å². The van der Waals surface area contributed by atoms with Gasteiger partial charge in [-0.15, -0.1) is 0 Å². The van der Waals surface area contributed by atoms with Gasteiger partial charge in [-0.25, -0.2) is 4.79 Å². The molecular formula is C8H12N2O3. The Labute approximate surface area is 76.0 Å². The third-order valence-electron chi connectivity index (χ3n) is 2.44. The molecule has 2 saturated heterocycles. The van der Waals surface area contributed by atoms with Crippen LogP contribution in [0.25, 0.3) is 0 Å². The summed E-state index contributed by atoms with van der Waals surface area (Å²) in [5.74, 6) is -0.138. The van der Waals surface area contributed by atoms with Crippen molar-refractivity contribution in [2.24, 2.45) is 0 Å². The first-order valence-corrected chi connectivity index (χ1v) is 4.41. The number of urea groups is 1. The number of nitrogens with one attached hydrogen (secondary N) is 1. The van der Waals surface area contributed by atoms with E-state index in [0.29, 0.717) is 13.2 Å². The molecule has 0 radical (unpaired) electrons. The normalized spacial score (nSPS) is 34.1. The van der Waals surface area contributed by atoms with Gasteiger partial charge in [-0.1, -0.05) is 0 Å². The van der Waals surface area contributed by atoms with Crippen LogP contribution in [0, 0.1) is 0 Å². The van der Waals surface area contributed by atoms with Gasteiger partial charge in [0.2, 0.25) is 0 Å². The first kappa shape index (κ1) is 8.50. The maximum Gasteiger partial charge on any atom is 0.325 e. The molecular weight excluding hydrogens is 172 g/mol. The van der Waals surface area contributed by atoms with Crippen LogP contribution in [0.3, 0.4) is 0 Å². The largest absolute Gasteiger partial charge is 0.379 e. The number of hydrogen-bond acceptors (Lipinski definition) is 3. The second kappa shape index (κ2) is 2.99. The molecule has 2 rings (SSSR count). The third kappa shape index (κ3) is 1.29. The molecule has 1 N–H and O–H groups in total. The molecule has 5 nitrogen and oxygen atoms in total. The van der Waals surface area contributed by atoms with E-state index in [2.05, 4.69) is 5.32 Å². The Morgan fingerprint density at radius 2 is 2.31 bits per heavy atom. The second-order valence-corrected chi connectivity index (χ2v) is 3.40. The number of carbonyl (C=O) groups excluding carboxylic acids is 2. The van der Waals surface area contributed by atoms with Gasteiger partial charge in [-0.2, -0.15) is 0 Å². The summed E-state index contributed by atoms with van der Waals surface area (Å²) in [6, 6.07) is -0.724. The van der Waals surface area contributed by atoms with Crippen LogP contribution in [0.4, 0.5) is 4.79 Å². The highest BCUT2D eigenvalue weighted by atomic mass is 16.5. The summed E-state index contributed by atoms with van der Waals surface area (Å²) in [5.41, 5.74) is 0. The van der Waals surface area contributed by atoms with E-state index >= 15 is 0 Å². The van der Waals surface area contributed by atoms with E-state index in [-0.39, 0.29) is 24.0 Å². The zero-order valence-electron chi connectivity index (χ0n) is 7.45. The van der Waals surface area contributed by atoms with Crippen molar-refractivity contribution in [3.05, 3.63) is 0 Å². The zero-order chi connectivity index (χ0) is 9.42. The fourth-order valence-electron chi connectivity index (χ4n) is 1.70. The van der Waals surface area contributed by atoms with Gasteiger partial charge in [0.05, 0.1) is 12.6 Å². The Balaban J connectivity index is 2.13. The van der Waals surface area contributed by atoms with Crippen molar-refractivity contribution < 1.29 is 14.3 Å². The summed E-state index contributed by atoms with van der Waals surface area (Å²) < 4.78 is 5.13. The van der Waals surface area contributed by atoms with Crippen molar-refractivity contribution in [1.82, 2.24) is 10.2 Å². The zero-order valence-corrected chi connectivity index (χ0v) is 7.45. The first-order chi connectivity index (χ1) is 6.20. The lowest BCUT2D eigenvalue weighted by atomic mass is 10.2. The highest BCUT2D eigenvalue weighted by Crippen LogP contribution is 2.17. The van der Waals surface area contributed by atoms with Crippen molar-refractivity contribution in [3.63, 3.8) is 0 Å². The average Bonchev–Trinajstić information content (AvgIpc) is 2.63. The molecule has 72 valence electrons. The number of imide groups is 1. The third-order valence-corrected chi connectivity index (χ3v) is 2.44. The Hall–Kier alpha value is -1.10. The van der Waals surface area contributed by atoms with Gasteiger partial charge in [0, 0.05) is 6.61 Å². The van der Waals surface area contributed by atoms with E-state index in [1.54, 1.807) is 6.92 Å². The van der Waals surface area contributed by atoms with Crippen LogP contribution >= 0.6 is 0 Å². The highest BCUT2D eigenvalue weighted by molar-refractivity contribution is 6.04. The fraction of sp³-hybridized carbons (Fsp3) is 0.750. The maximum atomic E-state index is 11.5. The van der Waals surface area contributed by atoms with E-state index in [1.165, 1.54) is 4.90 Å². The van der Waals surface area contributed by atoms with Gasteiger partial charge in [0.1, 0.15) is 6.04 Å². The molecule has 2 unspecified atom stereocenters. The lowest BCUT2D eigenvalue weighted by molar-refractivity contribution is -0.128. The predicted molar refractivity (Wildman–Crippen MR) is 44.1 cm³/mol. The van der Waals surface area contributed by atoms with Crippen LogP contribution in [0.1, 0.15) is 13.3 Å². The number of carbonyl (C=O) groups is 2. The van der Waals surface area contributed by atoms with Gasteiger partial charge < -0.3 is 10.1 Å². The lowest BCUT2D eigenvalue weighted by Gasteiger charge is -2.18. The average molecular weight is 184 g/mol. The van der Waals surface area contributed by atoms with Crippen molar-refractivity contribution in [2.75, 3.05) is 13.2 Å². The molecule has 0 aromatic carbocycles. The minimum absolute atomic E-state index is 0.0579. The Morgan fingerprint density at radius 1 is 1.54 bits per heavy atom. The SMILES string of the molecule is CC1NC(=O)N(C2CCOC2)C1=O. The quantitative estimate of drug-likeness (QED) is 0.570. The summed E-state index contributed by atoms with van der Waals surface area (Å²) in [7, 11) is 0. The molecule has 0 aliphatic carbocycles.